The van der Waals surface area contributed by atoms with E-state index in [1.807, 2.05) is 30.3 Å². The molecular weight excluding hydrogens is 312 g/mol. The van der Waals surface area contributed by atoms with Crippen LogP contribution in [0.25, 0.3) is 11.0 Å². The number of thiocarbonyl (C=S) groups is 1. The van der Waals surface area contributed by atoms with Crippen LogP contribution in [-0.4, -0.2) is 21.0 Å². The molecule has 116 valence electrons. The van der Waals surface area contributed by atoms with Gasteiger partial charge in [0.1, 0.15) is 0 Å². The van der Waals surface area contributed by atoms with Gasteiger partial charge in [-0.15, -0.1) is 0 Å². The highest BCUT2D eigenvalue weighted by Gasteiger charge is 2.07. The molecule has 1 heterocycles. The van der Waals surface area contributed by atoms with Gasteiger partial charge in [-0.25, -0.2) is 4.79 Å². The number of fused-ring (bicyclic) bond motifs is 1. The Morgan fingerprint density at radius 2 is 1.78 bits per heavy atom. The van der Waals surface area contributed by atoms with E-state index in [-0.39, 0.29) is 23.1 Å². The molecule has 0 radical (unpaired) electrons. The Kier molecular flexibility index (Phi) is 4.20. The van der Waals surface area contributed by atoms with Crippen LogP contribution in [0.15, 0.2) is 53.3 Å². The summed E-state index contributed by atoms with van der Waals surface area (Å²) in [7, 11) is 0. The Labute approximate surface area is 136 Å². The second-order valence-corrected chi connectivity index (χ2v) is 5.41. The summed E-state index contributed by atoms with van der Waals surface area (Å²) in [6, 6.07) is 14.7. The molecule has 4 N–H and O–H groups in total. The van der Waals surface area contributed by atoms with Crippen LogP contribution >= 0.6 is 12.2 Å². The van der Waals surface area contributed by atoms with Crippen molar-refractivity contribution in [2.24, 2.45) is 0 Å². The van der Waals surface area contributed by atoms with Crippen LogP contribution in [0.3, 0.4) is 0 Å². The summed E-state index contributed by atoms with van der Waals surface area (Å²) < 4.78 is 0. The standard InChI is InChI=1S/C16H14N4O2S/c21-14(8-10-4-2-1-3-5-10)20-16(23)17-11-6-7-12-13(9-11)19-15(22)18-12/h1-7,9H,8H2,(H2,18,19,22)(H2,17,20,21,23). The number of aromatic amines is 2. The number of amides is 1. The molecular formula is C16H14N4O2S. The number of anilines is 1. The monoisotopic (exact) mass is 326 g/mol. The van der Waals surface area contributed by atoms with Crippen LogP contribution < -0.4 is 16.3 Å². The first kappa shape index (κ1) is 15.0. The van der Waals surface area contributed by atoms with Gasteiger partial charge in [-0.3, -0.25) is 4.79 Å². The van der Waals surface area contributed by atoms with Crippen molar-refractivity contribution in [2.45, 2.75) is 6.42 Å². The first-order chi connectivity index (χ1) is 11.1. The lowest BCUT2D eigenvalue weighted by Gasteiger charge is -2.09. The zero-order chi connectivity index (χ0) is 16.2. The van der Waals surface area contributed by atoms with Gasteiger partial charge in [0.05, 0.1) is 17.5 Å². The molecule has 3 rings (SSSR count). The molecule has 3 aromatic rings. The third kappa shape index (κ3) is 3.83. The summed E-state index contributed by atoms with van der Waals surface area (Å²) in [5, 5.41) is 5.77. The van der Waals surface area contributed by atoms with Gasteiger partial charge < -0.3 is 20.6 Å². The Bertz CT molecular complexity index is 914. The largest absolute Gasteiger partial charge is 0.332 e. The smallest absolute Gasteiger partial charge is 0.323 e. The maximum absolute atomic E-state index is 11.9. The molecule has 0 spiro atoms. The van der Waals surface area contributed by atoms with Crippen LogP contribution in [0.5, 0.6) is 0 Å². The fraction of sp³-hybridized carbons (Fsp3) is 0.0625. The predicted octanol–water partition coefficient (Wildman–Crippen LogP) is 1.91. The fourth-order valence-corrected chi connectivity index (χ4v) is 2.46. The Morgan fingerprint density at radius 3 is 2.57 bits per heavy atom. The van der Waals surface area contributed by atoms with Crippen molar-refractivity contribution in [1.82, 2.24) is 15.3 Å². The van der Waals surface area contributed by atoms with E-state index in [1.165, 1.54) is 0 Å². The molecule has 1 aromatic heterocycles. The number of hydrogen-bond donors (Lipinski definition) is 4. The van der Waals surface area contributed by atoms with E-state index in [2.05, 4.69) is 20.6 Å². The van der Waals surface area contributed by atoms with E-state index in [1.54, 1.807) is 18.2 Å². The molecule has 0 saturated carbocycles. The van der Waals surface area contributed by atoms with Gasteiger partial charge in [0.2, 0.25) is 5.91 Å². The van der Waals surface area contributed by atoms with Gasteiger partial charge in [-0.2, -0.15) is 0 Å². The first-order valence-electron chi connectivity index (χ1n) is 6.97. The molecule has 0 aliphatic carbocycles. The number of benzene rings is 2. The highest BCUT2D eigenvalue weighted by Crippen LogP contribution is 2.14. The third-order valence-corrected chi connectivity index (χ3v) is 3.44. The normalized spacial score (nSPS) is 10.4. The summed E-state index contributed by atoms with van der Waals surface area (Å²) in [6.07, 6.45) is 0.257. The van der Waals surface area contributed by atoms with Gasteiger partial charge in [-0.05, 0) is 36.0 Å². The van der Waals surface area contributed by atoms with E-state index in [0.717, 1.165) is 5.56 Å². The SMILES string of the molecule is O=C(Cc1ccccc1)NC(=S)Nc1ccc2[nH]c(=O)[nH]c2c1. The molecule has 7 heteroatoms. The number of imidazole rings is 1. The molecule has 6 nitrogen and oxygen atoms in total. The summed E-state index contributed by atoms with van der Waals surface area (Å²) in [4.78, 5) is 28.5. The second kappa shape index (κ2) is 6.45. The van der Waals surface area contributed by atoms with E-state index >= 15 is 0 Å². The van der Waals surface area contributed by atoms with Crippen molar-refractivity contribution in [3.8, 4) is 0 Å². The lowest BCUT2D eigenvalue weighted by atomic mass is 10.1. The Balaban J connectivity index is 1.61. The van der Waals surface area contributed by atoms with Crippen LogP contribution in [0.2, 0.25) is 0 Å². The van der Waals surface area contributed by atoms with Crippen molar-refractivity contribution >= 4 is 40.0 Å². The maximum Gasteiger partial charge on any atom is 0.323 e. The minimum absolute atomic E-state index is 0.190. The third-order valence-electron chi connectivity index (χ3n) is 3.23. The van der Waals surface area contributed by atoms with E-state index in [9.17, 15) is 9.59 Å². The minimum atomic E-state index is -0.268. The van der Waals surface area contributed by atoms with Crippen LogP contribution in [0.4, 0.5) is 5.69 Å². The molecule has 0 aliphatic heterocycles. The van der Waals surface area contributed by atoms with E-state index < -0.39 is 0 Å². The lowest BCUT2D eigenvalue weighted by molar-refractivity contribution is -0.119. The topological polar surface area (TPSA) is 89.8 Å². The summed E-state index contributed by atoms with van der Waals surface area (Å²) in [5.41, 5.74) is 2.70. The van der Waals surface area contributed by atoms with Crippen molar-refractivity contribution < 1.29 is 4.79 Å². The minimum Gasteiger partial charge on any atom is -0.332 e. The van der Waals surface area contributed by atoms with Gasteiger partial charge in [-0.1, -0.05) is 30.3 Å². The number of hydrogen-bond acceptors (Lipinski definition) is 3. The highest BCUT2D eigenvalue weighted by atomic mass is 32.1. The number of carbonyl (C=O) groups excluding carboxylic acids is 1. The molecule has 0 bridgehead atoms. The molecule has 2 aromatic carbocycles. The maximum atomic E-state index is 11.9. The average molecular weight is 326 g/mol. The Hall–Kier alpha value is -2.93. The van der Waals surface area contributed by atoms with E-state index in [0.29, 0.717) is 16.7 Å². The van der Waals surface area contributed by atoms with Gasteiger partial charge >= 0.3 is 5.69 Å². The molecule has 0 unspecified atom stereocenters. The molecule has 0 aliphatic rings. The first-order valence-corrected chi connectivity index (χ1v) is 7.38. The van der Waals surface area contributed by atoms with Crippen molar-refractivity contribution in [1.29, 1.82) is 0 Å². The van der Waals surface area contributed by atoms with Crippen LogP contribution in [0.1, 0.15) is 5.56 Å². The van der Waals surface area contributed by atoms with Gasteiger partial charge in [0.15, 0.2) is 5.11 Å². The summed E-state index contributed by atoms with van der Waals surface area (Å²) >= 11 is 5.13. The van der Waals surface area contributed by atoms with Crippen molar-refractivity contribution in [3.63, 3.8) is 0 Å². The zero-order valence-corrected chi connectivity index (χ0v) is 12.9. The number of carbonyl (C=O) groups is 1. The summed E-state index contributed by atoms with van der Waals surface area (Å²) in [6.45, 7) is 0. The number of nitrogens with one attached hydrogen (secondary N) is 4. The molecule has 0 saturated heterocycles. The average Bonchev–Trinajstić information content (AvgIpc) is 2.87. The van der Waals surface area contributed by atoms with Crippen LogP contribution in [0, 0.1) is 0 Å². The van der Waals surface area contributed by atoms with E-state index in [4.69, 9.17) is 12.2 Å². The molecule has 0 fully saturated rings. The van der Waals surface area contributed by atoms with Crippen molar-refractivity contribution in [3.05, 3.63) is 64.6 Å². The highest BCUT2D eigenvalue weighted by molar-refractivity contribution is 7.80. The lowest BCUT2D eigenvalue weighted by Crippen LogP contribution is -2.35. The van der Waals surface area contributed by atoms with Gasteiger partial charge in [0, 0.05) is 5.69 Å². The number of rotatable bonds is 3. The Morgan fingerprint density at radius 1 is 1.04 bits per heavy atom. The fourth-order valence-electron chi connectivity index (χ4n) is 2.22. The number of aromatic nitrogens is 2. The second-order valence-electron chi connectivity index (χ2n) is 5.00. The quantitative estimate of drug-likeness (QED) is 0.554. The predicted molar refractivity (Wildman–Crippen MR) is 93.4 cm³/mol. The van der Waals surface area contributed by atoms with Gasteiger partial charge in [0.25, 0.3) is 0 Å². The molecule has 23 heavy (non-hydrogen) atoms. The van der Waals surface area contributed by atoms with Crippen LogP contribution in [-0.2, 0) is 11.2 Å². The zero-order valence-electron chi connectivity index (χ0n) is 12.1. The number of H-pyrrole nitrogens is 2. The summed E-state index contributed by atoms with van der Waals surface area (Å²) in [5.74, 6) is -0.190. The van der Waals surface area contributed by atoms with Crippen molar-refractivity contribution in [2.75, 3.05) is 5.32 Å². The molecule has 1 amide bonds. The molecule has 0 atom stereocenters.